The molecule has 0 spiro atoms. The maximum absolute atomic E-state index is 11.0. The minimum absolute atomic E-state index is 0.258. The fraction of sp³-hybridized carbons (Fsp3) is 0.417. The van der Waals surface area contributed by atoms with Gasteiger partial charge in [0.2, 0.25) is 0 Å². The number of aromatic carboxylic acids is 1. The van der Waals surface area contributed by atoms with Crippen LogP contribution < -0.4 is 4.74 Å². The number of ether oxygens (including phenoxy) is 1. The Labute approximate surface area is 89.7 Å². The van der Waals surface area contributed by atoms with Gasteiger partial charge in [-0.2, -0.15) is 0 Å². The molecular weight excluding hydrogens is 192 g/mol. The molecule has 0 saturated carbocycles. The predicted molar refractivity (Wildman–Crippen MR) is 58.7 cm³/mol. The second-order valence-corrected chi connectivity index (χ2v) is 3.35. The molecule has 0 saturated heterocycles. The molecule has 1 aromatic carbocycles. The molecule has 1 N–H and O–H groups in total. The van der Waals surface area contributed by atoms with Crippen LogP contribution in [-0.2, 0) is 12.8 Å². The highest BCUT2D eigenvalue weighted by atomic mass is 16.5. The predicted octanol–water partition coefficient (Wildman–Crippen LogP) is 2.52. The van der Waals surface area contributed by atoms with Gasteiger partial charge in [-0.05, 0) is 30.0 Å². The van der Waals surface area contributed by atoms with Crippen molar-refractivity contribution in [1.29, 1.82) is 0 Å². The lowest BCUT2D eigenvalue weighted by atomic mass is 10.0. The molecule has 0 aliphatic rings. The maximum Gasteiger partial charge on any atom is 0.339 e. The van der Waals surface area contributed by atoms with Crippen LogP contribution in [0, 0.1) is 0 Å². The Balaban J connectivity index is 3.39. The molecular formula is C12H16O3. The minimum atomic E-state index is -0.933. The second kappa shape index (κ2) is 4.82. The van der Waals surface area contributed by atoms with Crippen molar-refractivity contribution in [3.63, 3.8) is 0 Å². The third-order valence-electron chi connectivity index (χ3n) is 2.45. The van der Waals surface area contributed by atoms with Crippen molar-refractivity contribution in [3.8, 4) is 5.75 Å². The highest BCUT2D eigenvalue weighted by Gasteiger charge is 2.15. The highest BCUT2D eigenvalue weighted by Crippen LogP contribution is 2.26. The number of hydrogen-bond acceptors (Lipinski definition) is 2. The Morgan fingerprint density at radius 3 is 2.40 bits per heavy atom. The summed E-state index contributed by atoms with van der Waals surface area (Å²) in [5, 5.41) is 9.06. The van der Waals surface area contributed by atoms with E-state index in [0.717, 1.165) is 24.0 Å². The van der Waals surface area contributed by atoms with E-state index in [1.54, 1.807) is 6.07 Å². The van der Waals surface area contributed by atoms with Crippen LogP contribution in [0.4, 0.5) is 0 Å². The van der Waals surface area contributed by atoms with Crippen molar-refractivity contribution in [2.24, 2.45) is 0 Å². The zero-order chi connectivity index (χ0) is 11.4. The summed E-state index contributed by atoms with van der Waals surface area (Å²) in [6.45, 7) is 4.00. The summed E-state index contributed by atoms with van der Waals surface area (Å²) >= 11 is 0. The second-order valence-electron chi connectivity index (χ2n) is 3.35. The van der Waals surface area contributed by atoms with Gasteiger partial charge in [-0.3, -0.25) is 0 Å². The fourth-order valence-corrected chi connectivity index (χ4v) is 1.62. The molecule has 0 fully saturated rings. The summed E-state index contributed by atoms with van der Waals surface area (Å²) in [6.07, 6.45) is 1.61. The third-order valence-corrected chi connectivity index (χ3v) is 2.45. The lowest BCUT2D eigenvalue weighted by Crippen LogP contribution is -2.04. The van der Waals surface area contributed by atoms with Crippen molar-refractivity contribution in [1.82, 2.24) is 0 Å². The molecule has 1 aromatic rings. The number of rotatable bonds is 4. The van der Waals surface area contributed by atoms with Gasteiger partial charge in [-0.25, -0.2) is 4.79 Å². The lowest BCUT2D eigenvalue weighted by molar-refractivity contribution is 0.0693. The molecule has 3 nitrogen and oxygen atoms in total. The topological polar surface area (TPSA) is 46.5 Å². The van der Waals surface area contributed by atoms with Crippen molar-refractivity contribution in [2.45, 2.75) is 26.7 Å². The first-order valence-corrected chi connectivity index (χ1v) is 5.07. The Morgan fingerprint density at radius 2 is 2.00 bits per heavy atom. The molecule has 0 atom stereocenters. The number of aryl methyl sites for hydroxylation is 2. The van der Waals surface area contributed by atoms with Crippen LogP contribution in [-0.4, -0.2) is 18.2 Å². The molecule has 82 valence electrons. The van der Waals surface area contributed by atoms with Crippen molar-refractivity contribution >= 4 is 5.97 Å². The summed E-state index contributed by atoms with van der Waals surface area (Å²) in [5.74, 6) is -0.445. The van der Waals surface area contributed by atoms with Crippen LogP contribution in [0.5, 0.6) is 5.75 Å². The molecule has 15 heavy (non-hydrogen) atoms. The van der Waals surface area contributed by atoms with Gasteiger partial charge in [0.1, 0.15) is 11.3 Å². The first-order chi connectivity index (χ1) is 7.13. The monoisotopic (exact) mass is 208 g/mol. The maximum atomic E-state index is 11.0. The van der Waals surface area contributed by atoms with Crippen molar-refractivity contribution in [2.75, 3.05) is 7.11 Å². The number of hydrogen-bond donors (Lipinski definition) is 1. The van der Waals surface area contributed by atoms with Crippen LogP contribution in [0.3, 0.4) is 0 Å². The van der Waals surface area contributed by atoms with Gasteiger partial charge in [0.15, 0.2) is 0 Å². The van der Waals surface area contributed by atoms with Crippen molar-refractivity contribution in [3.05, 3.63) is 28.8 Å². The van der Waals surface area contributed by atoms with E-state index >= 15 is 0 Å². The van der Waals surface area contributed by atoms with Crippen LogP contribution in [0.1, 0.15) is 35.3 Å². The SMILES string of the molecule is CCc1cc(CC)c(OC)c(C(=O)O)c1. The van der Waals surface area contributed by atoms with Crippen molar-refractivity contribution < 1.29 is 14.6 Å². The Kier molecular flexibility index (Phi) is 3.72. The lowest BCUT2D eigenvalue weighted by Gasteiger charge is -2.12. The van der Waals surface area contributed by atoms with E-state index < -0.39 is 5.97 Å². The Hall–Kier alpha value is -1.51. The van der Waals surface area contributed by atoms with Gasteiger partial charge < -0.3 is 9.84 Å². The van der Waals surface area contributed by atoms with E-state index in [9.17, 15) is 4.79 Å². The van der Waals surface area contributed by atoms with Gasteiger partial charge in [0.05, 0.1) is 7.11 Å². The number of carboxylic acids is 1. The van der Waals surface area contributed by atoms with Gasteiger partial charge in [0, 0.05) is 0 Å². The number of benzene rings is 1. The van der Waals surface area contributed by atoms with Crippen LogP contribution in [0.15, 0.2) is 12.1 Å². The Morgan fingerprint density at radius 1 is 1.33 bits per heavy atom. The van der Waals surface area contributed by atoms with Gasteiger partial charge in [-0.1, -0.05) is 19.9 Å². The summed E-state index contributed by atoms with van der Waals surface area (Å²) in [5.41, 5.74) is 2.24. The molecule has 0 amide bonds. The van der Waals surface area contributed by atoms with Crippen LogP contribution in [0.25, 0.3) is 0 Å². The minimum Gasteiger partial charge on any atom is -0.496 e. The number of carbonyl (C=O) groups is 1. The molecule has 0 aliphatic heterocycles. The Bertz CT molecular complexity index is 369. The largest absolute Gasteiger partial charge is 0.496 e. The normalized spacial score (nSPS) is 10.1. The average Bonchev–Trinajstić information content (AvgIpc) is 2.26. The number of methoxy groups -OCH3 is 1. The van der Waals surface area contributed by atoms with Gasteiger partial charge >= 0.3 is 5.97 Å². The third kappa shape index (κ3) is 2.29. The van der Waals surface area contributed by atoms with E-state index in [2.05, 4.69) is 0 Å². The summed E-state index contributed by atoms with van der Waals surface area (Å²) < 4.78 is 5.15. The summed E-state index contributed by atoms with van der Waals surface area (Å²) in [7, 11) is 1.51. The number of carboxylic acid groups (broad SMARTS) is 1. The van der Waals surface area contributed by atoms with Gasteiger partial charge in [-0.15, -0.1) is 0 Å². The molecule has 0 heterocycles. The standard InChI is InChI=1S/C12H16O3/c1-4-8-6-9(5-2)11(15-3)10(7-8)12(13)14/h6-7H,4-5H2,1-3H3,(H,13,14). The van der Waals surface area contributed by atoms with E-state index in [1.807, 2.05) is 19.9 Å². The van der Waals surface area contributed by atoms with Crippen LogP contribution >= 0.6 is 0 Å². The fourth-order valence-electron chi connectivity index (χ4n) is 1.62. The van der Waals surface area contributed by atoms with E-state index in [-0.39, 0.29) is 5.56 Å². The molecule has 1 rings (SSSR count). The zero-order valence-corrected chi connectivity index (χ0v) is 9.33. The molecule has 3 heteroatoms. The molecule has 0 aliphatic carbocycles. The highest BCUT2D eigenvalue weighted by molar-refractivity contribution is 5.91. The zero-order valence-electron chi connectivity index (χ0n) is 9.33. The molecule has 0 bridgehead atoms. The van der Waals surface area contributed by atoms with E-state index in [0.29, 0.717) is 5.75 Å². The molecule has 0 unspecified atom stereocenters. The quantitative estimate of drug-likeness (QED) is 0.827. The van der Waals surface area contributed by atoms with Crippen LogP contribution in [0.2, 0.25) is 0 Å². The van der Waals surface area contributed by atoms with E-state index in [4.69, 9.17) is 9.84 Å². The first kappa shape index (κ1) is 11.6. The summed E-state index contributed by atoms with van der Waals surface area (Å²) in [4.78, 5) is 11.0. The smallest absolute Gasteiger partial charge is 0.339 e. The van der Waals surface area contributed by atoms with Gasteiger partial charge in [0.25, 0.3) is 0 Å². The summed E-state index contributed by atoms with van der Waals surface area (Å²) in [6, 6.07) is 3.69. The average molecular weight is 208 g/mol. The first-order valence-electron chi connectivity index (χ1n) is 5.07. The molecule has 0 aromatic heterocycles. The molecule has 0 radical (unpaired) electrons. The van der Waals surface area contributed by atoms with E-state index in [1.165, 1.54) is 7.11 Å².